The van der Waals surface area contributed by atoms with E-state index in [1.54, 1.807) is 13.2 Å². The molecule has 0 aromatic heterocycles. The van der Waals surface area contributed by atoms with E-state index in [0.29, 0.717) is 11.6 Å². The van der Waals surface area contributed by atoms with Crippen molar-refractivity contribution in [3.05, 3.63) is 28.8 Å². The van der Waals surface area contributed by atoms with Crippen LogP contribution in [0.1, 0.15) is 5.56 Å². The summed E-state index contributed by atoms with van der Waals surface area (Å²) < 4.78 is 5.23. The second kappa shape index (κ2) is 7.50. The van der Waals surface area contributed by atoms with Crippen LogP contribution >= 0.6 is 11.6 Å². The van der Waals surface area contributed by atoms with E-state index in [-0.39, 0.29) is 19.3 Å². The molecule has 0 spiro atoms. The summed E-state index contributed by atoms with van der Waals surface area (Å²) in [6.45, 7) is 0.481. The van der Waals surface area contributed by atoms with Gasteiger partial charge in [0.1, 0.15) is 5.75 Å². The fourth-order valence-corrected chi connectivity index (χ4v) is 1.74. The third kappa shape index (κ3) is 4.52. The summed E-state index contributed by atoms with van der Waals surface area (Å²) in [5, 5.41) is 21.5. The molecule has 0 saturated heterocycles. The number of rotatable bonds is 7. The Morgan fingerprint density at radius 2 is 2.06 bits per heavy atom. The minimum Gasteiger partial charge on any atom is -0.496 e. The highest BCUT2D eigenvalue weighted by Gasteiger charge is 2.07. The molecule has 0 aliphatic heterocycles. The summed E-state index contributed by atoms with van der Waals surface area (Å²) >= 11 is 5.91. The number of methoxy groups -OCH3 is 1. The van der Waals surface area contributed by atoms with Gasteiger partial charge in [0.05, 0.1) is 26.4 Å². The molecule has 0 unspecified atom stereocenters. The Labute approximate surface area is 106 Å². The molecule has 0 radical (unpaired) electrons. The molecule has 3 N–H and O–H groups in total. The molecule has 1 aromatic rings. The monoisotopic (exact) mass is 259 g/mol. The van der Waals surface area contributed by atoms with Crippen molar-refractivity contribution in [1.29, 1.82) is 0 Å². The van der Waals surface area contributed by atoms with Gasteiger partial charge in [-0.05, 0) is 36.7 Å². The van der Waals surface area contributed by atoms with E-state index in [9.17, 15) is 0 Å². The third-order valence-corrected chi connectivity index (χ3v) is 2.75. The van der Waals surface area contributed by atoms with Crippen LogP contribution in [0.25, 0.3) is 0 Å². The lowest BCUT2D eigenvalue weighted by Gasteiger charge is -2.14. The van der Waals surface area contributed by atoms with E-state index in [1.807, 2.05) is 12.1 Å². The number of nitrogens with one attached hydrogen (secondary N) is 1. The van der Waals surface area contributed by atoms with E-state index in [0.717, 1.165) is 17.7 Å². The van der Waals surface area contributed by atoms with Crippen molar-refractivity contribution in [2.24, 2.45) is 0 Å². The highest BCUT2D eigenvalue weighted by atomic mass is 35.5. The summed E-state index contributed by atoms with van der Waals surface area (Å²) in [7, 11) is 1.62. The highest BCUT2D eigenvalue weighted by Crippen LogP contribution is 2.22. The van der Waals surface area contributed by atoms with Crippen molar-refractivity contribution in [2.75, 3.05) is 26.9 Å². The average Bonchev–Trinajstić information content (AvgIpc) is 2.35. The van der Waals surface area contributed by atoms with Gasteiger partial charge in [-0.15, -0.1) is 0 Å². The van der Waals surface area contributed by atoms with Gasteiger partial charge >= 0.3 is 0 Å². The topological polar surface area (TPSA) is 61.7 Å². The predicted molar refractivity (Wildman–Crippen MR) is 67.7 cm³/mol. The van der Waals surface area contributed by atoms with Crippen molar-refractivity contribution in [2.45, 2.75) is 12.5 Å². The number of aliphatic hydroxyl groups is 2. The van der Waals surface area contributed by atoms with Gasteiger partial charge in [0, 0.05) is 5.02 Å². The Morgan fingerprint density at radius 3 is 2.65 bits per heavy atom. The largest absolute Gasteiger partial charge is 0.496 e. The van der Waals surface area contributed by atoms with Crippen molar-refractivity contribution < 1.29 is 14.9 Å². The summed E-state index contributed by atoms with van der Waals surface area (Å²) in [5.41, 5.74) is 1.00. The number of halogens is 1. The lowest BCUT2D eigenvalue weighted by molar-refractivity contribution is 0.171. The van der Waals surface area contributed by atoms with Gasteiger partial charge in [-0.25, -0.2) is 0 Å². The van der Waals surface area contributed by atoms with Crippen LogP contribution in [0.15, 0.2) is 18.2 Å². The quantitative estimate of drug-likeness (QED) is 0.679. The molecule has 0 bridgehead atoms. The molecular formula is C12H18ClNO3. The summed E-state index contributed by atoms with van der Waals surface area (Å²) in [6, 6.07) is 5.18. The van der Waals surface area contributed by atoms with Gasteiger partial charge in [-0.2, -0.15) is 0 Å². The zero-order valence-electron chi connectivity index (χ0n) is 9.82. The van der Waals surface area contributed by atoms with Gasteiger partial charge in [0.25, 0.3) is 0 Å². The van der Waals surface area contributed by atoms with Crippen LogP contribution in [0, 0.1) is 0 Å². The van der Waals surface area contributed by atoms with Gasteiger partial charge < -0.3 is 20.3 Å². The number of aliphatic hydroxyl groups excluding tert-OH is 2. The first kappa shape index (κ1) is 14.3. The number of hydrogen-bond donors (Lipinski definition) is 3. The highest BCUT2D eigenvalue weighted by molar-refractivity contribution is 6.30. The molecule has 0 saturated carbocycles. The Bertz CT molecular complexity index is 343. The lowest BCUT2D eigenvalue weighted by atomic mass is 10.1. The maximum atomic E-state index is 8.90. The first-order chi connectivity index (χ1) is 8.21. The smallest absolute Gasteiger partial charge is 0.122 e. The molecule has 0 fully saturated rings. The zero-order chi connectivity index (χ0) is 12.7. The molecule has 0 aliphatic carbocycles. The Balaban J connectivity index is 2.53. The second-order valence-electron chi connectivity index (χ2n) is 3.72. The molecule has 1 aromatic carbocycles. The van der Waals surface area contributed by atoms with Crippen LogP contribution in [0.2, 0.25) is 5.02 Å². The minimum atomic E-state index is -0.278. The minimum absolute atomic E-state index is 0.0802. The van der Waals surface area contributed by atoms with Crippen LogP contribution in [-0.2, 0) is 6.42 Å². The molecule has 17 heavy (non-hydrogen) atoms. The van der Waals surface area contributed by atoms with Gasteiger partial charge in [-0.1, -0.05) is 11.6 Å². The Hall–Kier alpha value is -0.810. The van der Waals surface area contributed by atoms with E-state index in [2.05, 4.69) is 5.32 Å². The Morgan fingerprint density at radius 1 is 1.35 bits per heavy atom. The summed E-state index contributed by atoms with van der Waals surface area (Å²) in [5.74, 6) is 0.792. The van der Waals surface area contributed by atoms with E-state index in [1.165, 1.54) is 0 Å². The van der Waals surface area contributed by atoms with Gasteiger partial charge in [-0.3, -0.25) is 0 Å². The van der Waals surface area contributed by atoms with Crippen molar-refractivity contribution in [3.63, 3.8) is 0 Å². The molecule has 4 nitrogen and oxygen atoms in total. The molecule has 5 heteroatoms. The first-order valence-corrected chi connectivity index (χ1v) is 5.86. The second-order valence-corrected chi connectivity index (χ2v) is 4.16. The zero-order valence-corrected chi connectivity index (χ0v) is 10.6. The molecule has 0 aliphatic rings. The number of hydrogen-bond acceptors (Lipinski definition) is 4. The number of ether oxygens (including phenoxy) is 1. The van der Waals surface area contributed by atoms with Crippen molar-refractivity contribution >= 4 is 11.6 Å². The maximum absolute atomic E-state index is 8.90. The number of benzene rings is 1. The van der Waals surface area contributed by atoms with Crippen molar-refractivity contribution in [3.8, 4) is 5.75 Å². The fourth-order valence-electron chi connectivity index (χ4n) is 1.54. The Kier molecular flexibility index (Phi) is 6.29. The van der Waals surface area contributed by atoms with Crippen LogP contribution in [0.3, 0.4) is 0 Å². The molecular weight excluding hydrogens is 242 g/mol. The molecule has 1 rings (SSSR count). The van der Waals surface area contributed by atoms with Crippen molar-refractivity contribution in [1.82, 2.24) is 5.32 Å². The van der Waals surface area contributed by atoms with Crippen LogP contribution in [0.4, 0.5) is 0 Å². The van der Waals surface area contributed by atoms with Gasteiger partial charge in [0.15, 0.2) is 0 Å². The summed E-state index contributed by atoms with van der Waals surface area (Å²) in [4.78, 5) is 0. The van der Waals surface area contributed by atoms with Gasteiger partial charge in [0.2, 0.25) is 0 Å². The molecule has 0 heterocycles. The normalized spacial score (nSPS) is 10.9. The predicted octanol–water partition coefficient (Wildman–Crippen LogP) is 0.834. The van der Waals surface area contributed by atoms with Crippen LogP contribution in [-0.4, -0.2) is 43.1 Å². The SMILES string of the molecule is COc1ccc(Cl)cc1CCNC(CO)CO. The lowest BCUT2D eigenvalue weighted by Crippen LogP contribution is -2.36. The average molecular weight is 260 g/mol. The fraction of sp³-hybridized carbons (Fsp3) is 0.500. The van der Waals surface area contributed by atoms with E-state index >= 15 is 0 Å². The third-order valence-electron chi connectivity index (χ3n) is 2.51. The summed E-state index contributed by atoms with van der Waals surface area (Å²) in [6.07, 6.45) is 0.722. The standard InChI is InChI=1S/C12H18ClNO3/c1-17-12-3-2-10(13)6-9(12)4-5-14-11(7-15)8-16/h2-3,6,11,14-16H,4-5,7-8H2,1H3. The van der Waals surface area contributed by atoms with E-state index < -0.39 is 0 Å². The van der Waals surface area contributed by atoms with Crippen LogP contribution in [0.5, 0.6) is 5.75 Å². The first-order valence-electron chi connectivity index (χ1n) is 5.48. The molecule has 0 atom stereocenters. The molecule has 96 valence electrons. The van der Waals surface area contributed by atoms with E-state index in [4.69, 9.17) is 26.6 Å². The maximum Gasteiger partial charge on any atom is 0.122 e. The van der Waals surface area contributed by atoms with Crippen LogP contribution < -0.4 is 10.1 Å². The molecule has 0 amide bonds.